The molecule has 3 N–H and O–H groups in total. The van der Waals surface area contributed by atoms with E-state index in [-0.39, 0.29) is 11.2 Å². The first-order valence-corrected chi connectivity index (χ1v) is 5.78. The van der Waals surface area contributed by atoms with Crippen molar-refractivity contribution in [1.29, 1.82) is 0 Å². The zero-order valence-corrected chi connectivity index (χ0v) is 10.2. The topological polar surface area (TPSA) is 64.3 Å². The van der Waals surface area contributed by atoms with Gasteiger partial charge in [0.05, 0.1) is 6.61 Å². The Balaban J connectivity index is 2.71. The Hall–Kier alpha value is -1.04. The van der Waals surface area contributed by atoms with Gasteiger partial charge in [-0.1, -0.05) is 17.7 Å². The van der Waals surface area contributed by atoms with E-state index in [1.807, 2.05) is 31.2 Å². The van der Waals surface area contributed by atoms with Crippen LogP contribution in [-0.4, -0.2) is 24.9 Å². The SMILES string of the molecule is COCC(Sc1cccc(C)c1)C(=O)NN. The molecule has 0 saturated heterocycles. The predicted octanol–water partition coefficient (Wildman–Crippen LogP) is 1.09. The van der Waals surface area contributed by atoms with Gasteiger partial charge in [-0.15, -0.1) is 11.8 Å². The Bertz CT molecular complexity index is 358. The number of methoxy groups -OCH3 is 1. The van der Waals surface area contributed by atoms with Gasteiger partial charge in [-0.3, -0.25) is 10.2 Å². The Kier molecular flexibility index (Phi) is 5.31. The number of hydrazine groups is 1. The van der Waals surface area contributed by atoms with Gasteiger partial charge in [0.1, 0.15) is 5.25 Å². The molecule has 1 amide bonds. The zero-order valence-electron chi connectivity index (χ0n) is 9.40. The first-order chi connectivity index (χ1) is 7.67. The minimum atomic E-state index is -0.322. The number of hydrogen-bond acceptors (Lipinski definition) is 4. The molecule has 0 bridgehead atoms. The molecule has 1 atom stereocenters. The second-order valence-electron chi connectivity index (χ2n) is 3.39. The molecule has 0 fully saturated rings. The number of rotatable bonds is 5. The van der Waals surface area contributed by atoms with Crippen LogP contribution in [-0.2, 0) is 9.53 Å². The van der Waals surface area contributed by atoms with Crippen LogP contribution < -0.4 is 11.3 Å². The highest BCUT2D eigenvalue weighted by Crippen LogP contribution is 2.24. The molecule has 88 valence electrons. The third-order valence-electron chi connectivity index (χ3n) is 2.02. The highest BCUT2D eigenvalue weighted by atomic mass is 32.2. The predicted molar refractivity (Wildman–Crippen MR) is 65.0 cm³/mol. The third kappa shape index (κ3) is 3.84. The van der Waals surface area contributed by atoms with E-state index >= 15 is 0 Å². The van der Waals surface area contributed by atoms with Crippen molar-refractivity contribution in [3.8, 4) is 0 Å². The number of nitrogens with two attached hydrogens (primary N) is 1. The maximum absolute atomic E-state index is 11.5. The quantitative estimate of drug-likeness (QED) is 0.350. The van der Waals surface area contributed by atoms with E-state index in [1.54, 1.807) is 7.11 Å². The molecule has 16 heavy (non-hydrogen) atoms. The lowest BCUT2D eigenvalue weighted by Gasteiger charge is -2.13. The van der Waals surface area contributed by atoms with Crippen molar-refractivity contribution in [2.24, 2.45) is 5.84 Å². The summed E-state index contributed by atoms with van der Waals surface area (Å²) >= 11 is 1.44. The minimum Gasteiger partial charge on any atom is -0.383 e. The molecule has 1 rings (SSSR count). The Morgan fingerprint density at radius 2 is 2.38 bits per heavy atom. The number of carbonyl (C=O) groups is 1. The average molecular weight is 240 g/mol. The van der Waals surface area contributed by atoms with Crippen LogP contribution in [0.25, 0.3) is 0 Å². The lowest BCUT2D eigenvalue weighted by atomic mass is 10.2. The highest BCUT2D eigenvalue weighted by molar-refractivity contribution is 8.00. The summed E-state index contributed by atoms with van der Waals surface area (Å²) in [6.45, 7) is 2.35. The maximum Gasteiger partial charge on any atom is 0.249 e. The number of benzene rings is 1. The highest BCUT2D eigenvalue weighted by Gasteiger charge is 2.18. The number of ether oxygens (including phenoxy) is 1. The van der Waals surface area contributed by atoms with E-state index in [0.29, 0.717) is 6.61 Å². The minimum absolute atomic E-state index is 0.228. The van der Waals surface area contributed by atoms with E-state index in [0.717, 1.165) is 10.5 Å². The molecule has 0 saturated carbocycles. The van der Waals surface area contributed by atoms with E-state index in [2.05, 4.69) is 5.43 Å². The third-order valence-corrected chi connectivity index (χ3v) is 3.18. The van der Waals surface area contributed by atoms with E-state index < -0.39 is 0 Å². The van der Waals surface area contributed by atoms with E-state index in [1.165, 1.54) is 11.8 Å². The van der Waals surface area contributed by atoms with Gasteiger partial charge < -0.3 is 4.74 Å². The molecule has 0 spiro atoms. The van der Waals surface area contributed by atoms with Crippen molar-refractivity contribution >= 4 is 17.7 Å². The first kappa shape index (κ1) is 13.0. The summed E-state index contributed by atoms with van der Waals surface area (Å²) in [5.74, 6) is 4.89. The van der Waals surface area contributed by atoms with E-state index in [9.17, 15) is 4.79 Å². The summed E-state index contributed by atoms with van der Waals surface area (Å²) in [6, 6.07) is 7.96. The molecule has 1 unspecified atom stereocenters. The first-order valence-electron chi connectivity index (χ1n) is 4.90. The van der Waals surface area contributed by atoms with Crippen LogP contribution in [0.5, 0.6) is 0 Å². The lowest BCUT2D eigenvalue weighted by Crippen LogP contribution is -2.39. The second-order valence-corrected chi connectivity index (χ2v) is 4.66. The number of hydrogen-bond donors (Lipinski definition) is 2. The monoisotopic (exact) mass is 240 g/mol. The van der Waals surface area contributed by atoms with Gasteiger partial charge in [0, 0.05) is 12.0 Å². The smallest absolute Gasteiger partial charge is 0.249 e. The Morgan fingerprint density at radius 3 is 2.94 bits per heavy atom. The number of thioether (sulfide) groups is 1. The Morgan fingerprint density at radius 1 is 1.62 bits per heavy atom. The van der Waals surface area contributed by atoms with Crippen molar-refractivity contribution in [2.75, 3.05) is 13.7 Å². The molecule has 0 aromatic heterocycles. The summed E-state index contributed by atoms with van der Waals surface area (Å²) < 4.78 is 4.99. The van der Waals surface area contributed by atoms with Gasteiger partial charge in [-0.05, 0) is 19.1 Å². The molecule has 0 heterocycles. The van der Waals surface area contributed by atoms with Gasteiger partial charge in [-0.2, -0.15) is 0 Å². The van der Waals surface area contributed by atoms with Crippen LogP contribution in [0.3, 0.4) is 0 Å². The number of aryl methyl sites for hydroxylation is 1. The summed E-state index contributed by atoms with van der Waals surface area (Å²) in [6.07, 6.45) is 0. The molecule has 1 aromatic rings. The van der Waals surface area contributed by atoms with E-state index in [4.69, 9.17) is 10.6 Å². The molecule has 5 heteroatoms. The molecular weight excluding hydrogens is 224 g/mol. The van der Waals surface area contributed by atoms with Crippen LogP contribution in [0.4, 0.5) is 0 Å². The fourth-order valence-electron chi connectivity index (χ4n) is 1.26. The van der Waals surface area contributed by atoms with Crippen molar-refractivity contribution in [1.82, 2.24) is 5.43 Å². The zero-order chi connectivity index (χ0) is 12.0. The summed E-state index contributed by atoms with van der Waals surface area (Å²) in [4.78, 5) is 12.5. The largest absolute Gasteiger partial charge is 0.383 e. The molecule has 0 aliphatic heterocycles. The number of nitrogens with one attached hydrogen (secondary N) is 1. The normalized spacial score (nSPS) is 12.2. The van der Waals surface area contributed by atoms with Crippen molar-refractivity contribution in [2.45, 2.75) is 17.1 Å². The molecule has 1 aromatic carbocycles. The summed E-state index contributed by atoms with van der Waals surface area (Å²) in [5.41, 5.74) is 3.31. The number of carbonyl (C=O) groups excluding carboxylic acids is 1. The second kappa shape index (κ2) is 6.52. The van der Waals surface area contributed by atoms with Crippen LogP contribution in [0.2, 0.25) is 0 Å². The van der Waals surface area contributed by atoms with Crippen molar-refractivity contribution in [3.63, 3.8) is 0 Å². The molecular formula is C11H16N2O2S. The fourth-order valence-corrected chi connectivity index (χ4v) is 2.38. The van der Waals surface area contributed by atoms with Gasteiger partial charge in [0.15, 0.2) is 0 Å². The molecule has 0 aliphatic carbocycles. The van der Waals surface area contributed by atoms with Crippen LogP contribution in [0, 0.1) is 6.92 Å². The molecule has 0 aliphatic rings. The Labute approximate surface area is 99.5 Å². The van der Waals surface area contributed by atoms with Crippen LogP contribution >= 0.6 is 11.8 Å². The summed E-state index contributed by atoms with van der Waals surface area (Å²) in [7, 11) is 1.56. The number of amides is 1. The average Bonchev–Trinajstić information content (AvgIpc) is 2.27. The van der Waals surface area contributed by atoms with Gasteiger partial charge in [-0.25, -0.2) is 5.84 Å². The fraction of sp³-hybridized carbons (Fsp3) is 0.364. The van der Waals surface area contributed by atoms with Crippen molar-refractivity contribution < 1.29 is 9.53 Å². The lowest BCUT2D eigenvalue weighted by molar-refractivity contribution is -0.121. The van der Waals surface area contributed by atoms with Gasteiger partial charge >= 0.3 is 0 Å². The standard InChI is InChI=1S/C11H16N2O2S/c1-8-4-3-5-9(6-8)16-10(7-15-2)11(14)13-12/h3-6,10H,7,12H2,1-2H3,(H,13,14). The maximum atomic E-state index is 11.5. The molecule has 0 radical (unpaired) electrons. The van der Waals surface area contributed by atoms with Crippen molar-refractivity contribution in [3.05, 3.63) is 29.8 Å². The van der Waals surface area contributed by atoms with Gasteiger partial charge in [0.2, 0.25) is 5.91 Å². The molecule has 4 nitrogen and oxygen atoms in total. The summed E-state index contributed by atoms with van der Waals surface area (Å²) in [5, 5.41) is -0.322. The van der Waals surface area contributed by atoms with Crippen LogP contribution in [0.1, 0.15) is 5.56 Å². The van der Waals surface area contributed by atoms with Gasteiger partial charge in [0.25, 0.3) is 0 Å². The van der Waals surface area contributed by atoms with Crippen LogP contribution in [0.15, 0.2) is 29.2 Å².